The predicted molar refractivity (Wildman–Crippen MR) is 154 cm³/mol. The molecule has 2 aromatic rings. The van der Waals surface area contributed by atoms with Gasteiger partial charge in [0, 0.05) is 18.0 Å². The zero-order chi connectivity index (χ0) is 25.9. The molecule has 2 aromatic carbocycles. The van der Waals surface area contributed by atoms with Crippen LogP contribution in [0.5, 0.6) is 0 Å². The molecule has 0 saturated heterocycles. The quantitative estimate of drug-likeness (QED) is 0.161. The fraction of sp³-hybridized carbons (Fsp3) is 0.548. The van der Waals surface area contributed by atoms with Crippen LogP contribution in [0.25, 0.3) is 0 Å². The van der Waals surface area contributed by atoms with Gasteiger partial charge in [0.25, 0.3) is 0 Å². The third-order valence-corrected chi connectivity index (χ3v) is 6.00. The molecule has 4 nitrogen and oxygen atoms in total. The molecule has 194 valence electrons. The van der Waals surface area contributed by atoms with Gasteiger partial charge in [0.05, 0.1) is 5.69 Å². The number of amides is 1. The molecular weight excluding hydrogens is 430 g/mol. The van der Waals surface area contributed by atoms with Crippen molar-refractivity contribution in [2.75, 3.05) is 5.32 Å². The number of benzene rings is 2. The van der Waals surface area contributed by atoms with Crippen molar-refractivity contribution in [2.45, 2.75) is 105 Å². The van der Waals surface area contributed by atoms with E-state index in [0.717, 1.165) is 29.8 Å². The van der Waals surface area contributed by atoms with Crippen LogP contribution in [0.3, 0.4) is 0 Å². The van der Waals surface area contributed by atoms with Gasteiger partial charge in [-0.2, -0.15) is 0 Å². The SMILES string of the molecule is CCCCCCCCCC(=O)Nc1ccc(C)c(N=C(N)C(C)C)c1.CCCCc1ccccc1. The number of nitrogens with zero attached hydrogens (tertiary/aromatic N) is 1. The maximum absolute atomic E-state index is 12.1. The standard InChI is InChI=1S/C21H35N3O.C10H14/c1-5-6-7-8-9-10-11-12-20(25)23-18-14-13-17(4)19(15-18)24-21(22)16(2)3;1-2-3-7-10-8-5-4-6-9-10/h13-16H,5-12H2,1-4H3,(H2,22,24)(H,23,25);4-6,8-9H,2-3,7H2,1H3. The Kier molecular flexibility index (Phi) is 16.2. The van der Waals surface area contributed by atoms with E-state index >= 15 is 0 Å². The van der Waals surface area contributed by atoms with E-state index < -0.39 is 0 Å². The van der Waals surface area contributed by atoms with Gasteiger partial charge in [0.2, 0.25) is 5.91 Å². The highest BCUT2D eigenvalue weighted by atomic mass is 16.1. The van der Waals surface area contributed by atoms with Gasteiger partial charge >= 0.3 is 0 Å². The van der Waals surface area contributed by atoms with Crippen LogP contribution in [0.4, 0.5) is 11.4 Å². The molecule has 0 saturated carbocycles. The van der Waals surface area contributed by atoms with Crippen LogP contribution in [0.15, 0.2) is 53.5 Å². The largest absolute Gasteiger partial charge is 0.387 e. The molecule has 0 aromatic heterocycles. The van der Waals surface area contributed by atoms with Crippen LogP contribution in [0.1, 0.15) is 103 Å². The van der Waals surface area contributed by atoms with Crippen molar-refractivity contribution in [3.05, 3.63) is 59.7 Å². The highest BCUT2D eigenvalue weighted by molar-refractivity contribution is 5.92. The number of aryl methyl sites for hydroxylation is 2. The average molecular weight is 480 g/mol. The third-order valence-electron chi connectivity index (χ3n) is 6.00. The molecule has 3 N–H and O–H groups in total. The molecule has 0 aliphatic carbocycles. The molecular formula is C31H49N3O. The third kappa shape index (κ3) is 14.4. The molecule has 0 atom stereocenters. The molecule has 0 fully saturated rings. The number of amidine groups is 1. The van der Waals surface area contributed by atoms with E-state index in [-0.39, 0.29) is 11.8 Å². The fourth-order valence-electron chi connectivity index (χ4n) is 3.57. The molecule has 0 aliphatic heterocycles. The molecule has 0 unspecified atom stereocenters. The normalized spacial score (nSPS) is 11.2. The number of nitrogens with two attached hydrogens (primary N) is 1. The monoisotopic (exact) mass is 479 g/mol. The molecule has 2 rings (SSSR count). The summed E-state index contributed by atoms with van der Waals surface area (Å²) >= 11 is 0. The maximum Gasteiger partial charge on any atom is 0.224 e. The van der Waals surface area contributed by atoms with Crippen molar-refractivity contribution in [3.8, 4) is 0 Å². The summed E-state index contributed by atoms with van der Waals surface area (Å²) in [7, 11) is 0. The van der Waals surface area contributed by atoms with Crippen LogP contribution in [0, 0.1) is 12.8 Å². The second-order valence-electron chi connectivity index (χ2n) is 9.70. The first kappa shape index (κ1) is 30.4. The lowest BCUT2D eigenvalue weighted by molar-refractivity contribution is -0.116. The summed E-state index contributed by atoms with van der Waals surface area (Å²) in [4.78, 5) is 16.6. The summed E-state index contributed by atoms with van der Waals surface area (Å²) < 4.78 is 0. The van der Waals surface area contributed by atoms with E-state index in [4.69, 9.17) is 5.73 Å². The van der Waals surface area contributed by atoms with Crippen LogP contribution >= 0.6 is 0 Å². The number of hydrogen-bond donors (Lipinski definition) is 2. The average Bonchev–Trinajstić information content (AvgIpc) is 2.85. The molecule has 0 heterocycles. The van der Waals surface area contributed by atoms with Gasteiger partial charge in [-0.15, -0.1) is 0 Å². The Morgan fingerprint density at radius 2 is 1.51 bits per heavy atom. The Bertz CT molecular complexity index is 859. The van der Waals surface area contributed by atoms with Crippen LogP contribution < -0.4 is 11.1 Å². The highest BCUT2D eigenvalue weighted by Crippen LogP contribution is 2.24. The van der Waals surface area contributed by atoms with Gasteiger partial charge in [0.1, 0.15) is 5.84 Å². The first-order valence-corrected chi connectivity index (χ1v) is 13.7. The van der Waals surface area contributed by atoms with Crippen LogP contribution in [-0.2, 0) is 11.2 Å². The van der Waals surface area contributed by atoms with Crippen molar-refractivity contribution in [2.24, 2.45) is 16.6 Å². The smallest absolute Gasteiger partial charge is 0.224 e. The van der Waals surface area contributed by atoms with Gasteiger partial charge < -0.3 is 11.1 Å². The molecule has 0 spiro atoms. The van der Waals surface area contributed by atoms with E-state index in [1.807, 2.05) is 39.0 Å². The number of aliphatic imine (C=N–C) groups is 1. The van der Waals surface area contributed by atoms with Crippen LogP contribution in [-0.4, -0.2) is 11.7 Å². The van der Waals surface area contributed by atoms with E-state index in [9.17, 15) is 4.79 Å². The first-order chi connectivity index (χ1) is 16.9. The Morgan fingerprint density at radius 1 is 0.886 bits per heavy atom. The Hall–Kier alpha value is -2.62. The molecule has 0 radical (unpaired) electrons. The Labute approximate surface area is 214 Å². The minimum Gasteiger partial charge on any atom is -0.387 e. The summed E-state index contributed by atoms with van der Waals surface area (Å²) in [5, 5.41) is 2.97. The lowest BCUT2D eigenvalue weighted by Crippen LogP contribution is -2.18. The second-order valence-corrected chi connectivity index (χ2v) is 9.70. The van der Waals surface area contributed by atoms with E-state index in [1.165, 1.54) is 56.9 Å². The van der Waals surface area contributed by atoms with Crippen molar-refractivity contribution < 1.29 is 4.79 Å². The molecule has 0 aliphatic rings. The molecule has 0 bridgehead atoms. The van der Waals surface area contributed by atoms with Crippen molar-refractivity contribution in [1.82, 2.24) is 0 Å². The zero-order valence-electron chi connectivity index (χ0n) is 22.9. The number of unbranched alkanes of at least 4 members (excludes halogenated alkanes) is 7. The van der Waals surface area contributed by atoms with Gasteiger partial charge in [-0.25, -0.2) is 4.99 Å². The lowest BCUT2D eigenvalue weighted by atomic mass is 10.1. The lowest BCUT2D eigenvalue weighted by Gasteiger charge is -2.10. The van der Waals surface area contributed by atoms with Crippen molar-refractivity contribution in [3.63, 3.8) is 0 Å². The fourth-order valence-corrected chi connectivity index (χ4v) is 3.57. The van der Waals surface area contributed by atoms with Crippen LogP contribution in [0.2, 0.25) is 0 Å². The molecule has 1 amide bonds. The Balaban J connectivity index is 0.000000507. The highest BCUT2D eigenvalue weighted by Gasteiger charge is 2.06. The summed E-state index contributed by atoms with van der Waals surface area (Å²) in [6, 6.07) is 16.4. The number of rotatable bonds is 14. The maximum atomic E-state index is 12.1. The number of hydrogen-bond acceptors (Lipinski definition) is 2. The summed E-state index contributed by atoms with van der Waals surface area (Å²) in [6.45, 7) is 10.5. The number of carbonyl (C=O) groups is 1. The first-order valence-electron chi connectivity index (χ1n) is 13.7. The van der Waals surface area contributed by atoms with E-state index in [1.54, 1.807) is 0 Å². The van der Waals surface area contributed by atoms with E-state index in [2.05, 4.69) is 54.5 Å². The summed E-state index contributed by atoms with van der Waals surface area (Å²) in [6.07, 6.45) is 12.9. The molecule has 4 heteroatoms. The zero-order valence-corrected chi connectivity index (χ0v) is 22.9. The minimum atomic E-state index is 0.0733. The minimum absolute atomic E-state index is 0.0733. The predicted octanol–water partition coefficient (Wildman–Crippen LogP) is 8.75. The summed E-state index contributed by atoms with van der Waals surface area (Å²) in [5.41, 5.74) is 10.1. The van der Waals surface area contributed by atoms with Crippen molar-refractivity contribution >= 4 is 23.1 Å². The van der Waals surface area contributed by atoms with Gasteiger partial charge in [-0.3, -0.25) is 4.79 Å². The number of nitrogens with one attached hydrogen (secondary N) is 1. The Morgan fingerprint density at radius 3 is 2.14 bits per heavy atom. The van der Waals surface area contributed by atoms with Gasteiger partial charge in [-0.05, 0) is 49.4 Å². The second kappa shape index (κ2) is 18.7. The van der Waals surface area contributed by atoms with Gasteiger partial charge in [-0.1, -0.05) is 109 Å². The van der Waals surface area contributed by atoms with Gasteiger partial charge in [0.15, 0.2) is 0 Å². The number of carbonyl (C=O) groups excluding carboxylic acids is 1. The van der Waals surface area contributed by atoms with E-state index in [0.29, 0.717) is 12.3 Å². The summed E-state index contributed by atoms with van der Waals surface area (Å²) in [5.74, 6) is 0.883. The van der Waals surface area contributed by atoms with Crippen molar-refractivity contribution in [1.29, 1.82) is 0 Å². The number of anilines is 1. The topological polar surface area (TPSA) is 67.5 Å². The molecule has 35 heavy (non-hydrogen) atoms.